The van der Waals surface area contributed by atoms with Crippen molar-refractivity contribution in [3.8, 4) is 17.2 Å². The minimum atomic E-state index is -4.90. The second-order valence-electron chi connectivity index (χ2n) is 6.41. The monoisotopic (exact) mass is 420 g/mol. The highest BCUT2D eigenvalue weighted by molar-refractivity contribution is 8.02. The Labute approximate surface area is 160 Å². The van der Waals surface area contributed by atoms with E-state index in [0.29, 0.717) is 5.39 Å². The smallest absolute Gasteiger partial charge is 0.438 e. The van der Waals surface area contributed by atoms with E-state index in [2.05, 4.69) is 4.74 Å². The molecule has 0 saturated carbocycles. The van der Waals surface area contributed by atoms with Gasteiger partial charge < -0.3 is 28.5 Å². The normalized spacial score (nSPS) is 28.6. The predicted octanol–water partition coefficient (Wildman–Crippen LogP) is 2.97. The molecule has 11 heteroatoms. The van der Waals surface area contributed by atoms with Crippen LogP contribution in [0.3, 0.4) is 0 Å². The molecule has 0 spiro atoms. The zero-order valence-electron chi connectivity index (χ0n) is 14.9. The molecule has 3 heterocycles. The zero-order chi connectivity index (χ0) is 20.5. The van der Waals surface area contributed by atoms with Gasteiger partial charge in [-0.05, 0) is 6.07 Å². The Hall–Kier alpha value is -2.27. The van der Waals surface area contributed by atoms with Crippen LogP contribution in [-0.4, -0.2) is 48.8 Å². The fraction of sp³-hybridized carbons (Fsp3) is 0.471. The summed E-state index contributed by atoms with van der Waals surface area (Å²) in [4.78, 5) is 9.42. The van der Waals surface area contributed by atoms with Crippen molar-refractivity contribution in [1.29, 1.82) is 0 Å². The molecule has 2 aliphatic rings. The van der Waals surface area contributed by atoms with E-state index in [4.69, 9.17) is 18.6 Å². The van der Waals surface area contributed by atoms with Gasteiger partial charge >= 0.3 is 12.1 Å². The van der Waals surface area contributed by atoms with Crippen LogP contribution in [0.25, 0.3) is 11.0 Å². The molecule has 0 radical (unpaired) electrons. The van der Waals surface area contributed by atoms with Crippen LogP contribution in [0.15, 0.2) is 16.7 Å². The molecule has 1 saturated heterocycles. The highest BCUT2D eigenvalue weighted by Gasteiger charge is 2.75. The Balaban J connectivity index is 2.11. The maximum atomic E-state index is 14.0. The summed E-state index contributed by atoms with van der Waals surface area (Å²) in [7, 11) is 3.56. The van der Waals surface area contributed by atoms with Gasteiger partial charge in [-0.3, -0.25) is 4.79 Å². The van der Waals surface area contributed by atoms with Crippen molar-refractivity contribution in [1.82, 2.24) is 0 Å². The number of carbonyl (C=O) groups is 1. The molecule has 4 rings (SSSR count). The number of furan rings is 1. The molecule has 1 fully saturated rings. The van der Waals surface area contributed by atoms with E-state index >= 15 is 0 Å². The van der Waals surface area contributed by atoms with E-state index in [0.717, 1.165) is 7.11 Å². The van der Waals surface area contributed by atoms with Crippen LogP contribution in [-0.2, 0) is 15.1 Å². The van der Waals surface area contributed by atoms with Crippen LogP contribution >= 0.6 is 11.8 Å². The van der Waals surface area contributed by atoms with Crippen molar-refractivity contribution in [3.63, 3.8) is 0 Å². The topological polar surface area (TPSA) is 87.4 Å². The summed E-state index contributed by atoms with van der Waals surface area (Å²) in [5, 5.41) is 10.2. The zero-order valence-corrected chi connectivity index (χ0v) is 15.7. The van der Waals surface area contributed by atoms with Crippen LogP contribution in [0.1, 0.15) is 12.0 Å². The van der Waals surface area contributed by atoms with Gasteiger partial charge in [0.2, 0.25) is 5.75 Å². The molecule has 2 aromatic rings. The third kappa shape index (κ3) is 2.20. The number of hydrogen-bond acceptors (Lipinski definition) is 8. The van der Waals surface area contributed by atoms with Gasteiger partial charge in [0.05, 0.1) is 38.5 Å². The van der Waals surface area contributed by atoms with Crippen molar-refractivity contribution in [3.05, 3.63) is 17.9 Å². The van der Waals surface area contributed by atoms with Gasteiger partial charge in [-0.2, -0.15) is 13.2 Å². The quantitative estimate of drug-likeness (QED) is 0.759. The molecular formula is C17H15F3O7S. The van der Waals surface area contributed by atoms with E-state index in [-0.39, 0.29) is 40.2 Å². The van der Waals surface area contributed by atoms with E-state index in [9.17, 15) is 23.1 Å². The highest BCUT2D eigenvalue weighted by atomic mass is 32.2. The SMILES string of the molecule is COC(=O)[C@H]1S[C@]2(C(F)(F)F)C[C@@]1(O)c1c(c(OC)c3occc3c1OC)O2. The molecule has 0 aliphatic carbocycles. The second kappa shape index (κ2) is 5.86. The number of fused-ring (bicyclic) bond motifs is 5. The number of thioether (sulfide) groups is 1. The van der Waals surface area contributed by atoms with Crippen LogP contribution < -0.4 is 14.2 Å². The van der Waals surface area contributed by atoms with Gasteiger partial charge in [-0.15, -0.1) is 0 Å². The molecule has 1 aromatic carbocycles. The summed E-state index contributed by atoms with van der Waals surface area (Å²) in [5.74, 6) is -1.49. The minimum Gasteiger partial charge on any atom is -0.495 e. The van der Waals surface area contributed by atoms with Crippen molar-refractivity contribution in [2.45, 2.75) is 28.4 Å². The molecule has 152 valence electrons. The Morgan fingerprint density at radius 1 is 1.29 bits per heavy atom. The number of methoxy groups -OCH3 is 3. The first-order chi connectivity index (χ1) is 13.1. The number of halogens is 3. The Kier molecular flexibility index (Phi) is 3.99. The molecule has 1 N–H and O–H groups in total. The lowest BCUT2D eigenvalue weighted by atomic mass is 9.80. The molecule has 28 heavy (non-hydrogen) atoms. The van der Waals surface area contributed by atoms with Gasteiger partial charge in [0, 0.05) is 6.42 Å². The van der Waals surface area contributed by atoms with Crippen LogP contribution in [0.4, 0.5) is 13.2 Å². The van der Waals surface area contributed by atoms with Crippen molar-refractivity contribution < 1.29 is 46.4 Å². The Bertz CT molecular complexity index is 972. The first kappa shape index (κ1) is 19.1. The summed E-state index contributed by atoms with van der Waals surface area (Å²) in [6.07, 6.45) is -4.51. The maximum absolute atomic E-state index is 14.0. The largest absolute Gasteiger partial charge is 0.495 e. The summed E-state index contributed by atoms with van der Waals surface area (Å²) in [6, 6.07) is 1.52. The first-order valence-electron chi connectivity index (χ1n) is 8.03. The van der Waals surface area contributed by atoms with Crippen molar-refractivity contribution in [2.24, 2.45) is 0 Å². The average Bonchev–Trinajstić information content (AvgIpc) is 3.20. The second-order valence-corrected chi connectivity index (χ2v) is 7.78. The predicted molar refractivity (Wildman–Crippen MR) is 90.6 cm³/mol. The number of hydrogen-bond donors (Lipinski definition) is 1. The van der Waals surface area contributed by atoms with Crippen LogP contribution in [0.5, 0.6) is 17.2 Å². The van der Waals surface area contributed by atoms with Gasteiger partial charge in [0.1, 0.15) is 16.6 Å². The van der Waals surface area contributed by atoms with E-state index in [1.54, 1.807) is 0 Å². The summed E-state index contributed by atoms with van der Waals surface area (Å²) < 4.78 is 68.0. The lowest BCUT2D eigenvalue weighted by molar-refractivity contribution is -0.227. The molecule has 0 unspecified atom stereocenters. The minimum absolute atomic E-state index is 0.0363. The fourth-order valence-corrected chi connectivity index (χ4v) is 5.34. The summed E-state index contributed by atoms with van der Waals surface area (Å²) in [6.45, 7) is 0. The first-order valence-corrected chi connectivity index (χ1v) is 8.91. The molecule has 0 amide bonds. The molecular weight excluding hydrogens is 405 g/mol. The Morgan fingerprint density at radius 3 is 2.54 bits per heavy atom. The molecule has 2 bridgehead atoms. The summed E-state index contributed by atoms with van der Waals surface area (Å²) >= 11 is 0.158. The van der Waals surface area contributed by atoms with Crippen LogP contribution in [0, 0.1) is 0 Å². The molecule has 7 nitrogen and oxygen atoms in total. The van der Waals surface area contributed by atoms with E-state index in [1.165, 1.54) is 26.5 Å². The number of esters is 1. The van der Waals surface area contributed by atoms with E-state index < -0.39 is 34.4 Å². The number of rotatable bonds is 3. The van der Waals surface area contributed by atoms with Gasteiger partial charge in [0.15, 0.2) is 11.3 Å². The number of ether oxygens (including phenoxy) is 4. The van der Waals surface area contributed by atoms with E-state index in [1.807, 2.05) is 0 Å². The van der Waals surface area contributed by atoms with Gasteiger partial charge in [-0.1, -0.05) is 11.8 Å². The Morgan fingerprint density at radius 2 is 1.96 bits per heavy atom. The number of aliphatic hydroxyl groups is 1. The van der Waals surface area contributed by atoms with Gasteiger partial charge in [-0.25, -0.2) is 0 Å². The van der Waals surface area contributed by atoms with Crippen molar-refractivity contribution >= 4 is 28.7 Å². The fourth-order valence-electron chi connectivity index (χ4n) is 3.80. The third-order valence-corrected chi connectivity index (χ3v) is 6.63. The van der Waals surface area contributed by atoms with Crippen molar-refractivity contribution in [2.75, 3.05) is 21.3 Å². The third-order valence-electron chi connectivity index (χ3n) is 4.98. The molecule has 2 aliphatic heterocycles. The van der Waals surface area contributed by atoms with Crippen LogP contribution in [0.2, 0.25) is 0 Å². The maximum Gasteiger partial charge on any atom is 0.438 e. The number of carbonyl (C=O) groups excluding carboxylic acids is 1. The highest BCUT2D eigenvalue weighted by Crippen LogP contribution is 2.68. The lowest BCUT2D eigenvalue weighted by Crippen LogP contribution is -2.50. The van der Waals surface area contributed by atoms with Gasteiger partial charge in [0.25, 0.3) is 4.93 Å². The number of benzene rings is 1. The molecule has 1 aromatic heterocycles. The summed E-state index contributed by atoms with van der Waals surface area (Å²) in [5.41, 5.74) is -2.29. The molecule has 3 atom stereocenters. The lowest BCUT2D eigenvalue weighted by Gasteiger charge is -2.39. The average molecular weight is 420 g/mol. The number of alkyl halides is 3. The standard InChI is InChI=1S/C17H15F3O7S/c1-23-9-7-4-5-26-10(7)12(24-2)11-8(9)15(22)6-16(27-11,17(18,19)20)28-13(15)14(21)25-3/h4-5,13,22H,6H2,1-3H3/t13-,15-,16+/m1/s1.